The maximum Gasteiger partial charge on any atom is 0.334 e. The van der Waals surface area contributed by atoms with Gasteiger partial charge in [0, 0.05) is 17.4 Å². The molecule has 10 heteroatoms. The zero-order valence-electron chi connectivity index (χ0n) is 23.0. The summed E-state index contributed by atoms with van der Waals surface area (Å²) in [6.45, 7) is 9.32. The van der Waals surface area contributed by atoms with Crippen molar-refractivity contribution in [1.82, 2.24) is 0 Å². The Balaban J connectivity index is 1.24. The SMILES string of the molecule is CC1=C[C@@H]([C@@H](O)[C@@H](C)[C@@H]2[C@H]3[C@]2(C)CC[C@@]24O[C@]3(O)C(=O)[C@@H]2CC[C@H]2C(C)(C)O[C@@H]3CC(=O)O[C@@]32[C@H]4O)OC1=O. The van der Waals surface area contributed by atoms with Crippen molar-refractivity contribution in [2.45, 2.75) is 114 Å². The Morgan fingerprint density at radius 2 is 1.82 bits per heavy atom. The minimum absolute atomic E-state index is 0.0213. The zero-order chi connectivity index (χ0) is 28.1. The van der Waals surface area contributed by atoms with E-state index in [1.54, 1.807) is 13.0 Å². The van der Waals surface area contributed by atoms with Crippen LogP contribution in [0.4, 0.5) is 0 Å². The Kier molecular flexibility index (Phi) is 5.02. The Hall–Kier alpha value is -1.85. The number of carbonyl (C=O) groups excluding carboxylic acids is 3. The van der Waals surface area contributed by atoms with Crippen LogP contribution in [0.1, 0.15) is 66.7 Å². The molecule has 214 valence electrons. The van der Waals surface area contributed by atoms with Gasteiger partial charge in [0.15, 0.2) is 11.4 Å². The van der Waals surface area contributed by atoms with E-state index in [1.807, 2.05) is 27.7 Å². The third kappa shape index (κ3) is 2.92. The monoisotopic (exact) mass is 546 g/mol. The van der Waals surface area contributed by atoms with Crippen molar-refractivity contribution < 1.29 is 48.7 Å². The van der Waals surface area contributed by atoms with Crippen LogP contribution >= 0.6 is 0 Å². The largest absolute Gasteiger partial charge is 0.453 e. The predicted octanol–water partition coefficient (Wildman–Crippen LogP) is 1.18. The Morgan fingerprint density at radius 1 is 1.10 bits per heavy atom. The highest BCUT2D eigenvalue weighted by atomic mass is 16.7. The molecule has 0 amide bonds. The molecule has 0 aromatic rings. The lowest BCUT2D eigenvalue weighted by molar-refractivity contribution is -0.276. The van der Waals surface area contributed by atoms with Crippen LogP contribution in [-0.2, 0) is 33.3 Å². The molecule has 0 aromatic carbocycles. The molecule has 7 rings (SSSR count). The second-order valence-corrected chi connectivity index (χ2v) is 14.0. The Bertz CT molecular complexity index is 1210. The van der Waals surface area contributed by atoms with E-state index >= 15 is 0 Å². The number of carbonyl (C=O) groups is 3. The minimum Gasteiger partial charge on any atom is -0.453 e. The van der Waals surface area contributed by atoms with Crippen LogP contribution in [0.5, 0.6) is 0 Å². The van der Waals surface area contributed by atoms with Crippen LogP contribution in [0.3, 0.4) is 0 Å². The first-order valence-corrected chi connectivity index (χ1v) is 14.3. The fourth-order valence-electron chi connectivity index (χ4n) is 10.1. The molecular formula is C29H38O10. The van der Waals surface area contributed by atoms with Gasteiger partial charge in [0.05, 0.1) is 24.0 Å². The fourth-order valence-corrected chi connectivity index (χ4v) is 10.1. The summed E-state index contributed by atoms with van der Waals surface area (Å²) in [4.78, 5) is 38.6. The average Bonchev–Trinajstić information content (AvgIpc) is 2.96. The molecule has 2 aliphatic carbocycles. The Morgan fingerprint density at radius 3 is 2.49 bits per heavy atom. The first kappa shape index (κ1) is 26.1. The number of hydrogen-bond donors (Lipinski definition) is 3. The van der Waals surface area contributed by atoms with Gasteiger partial charge in [-0.05, 0) is 69.8 Å². The smallest absolute Gasteiger partial charge is 0.334 e. The van der Waals surface area contributed by atoms with Gasteiger partial charge in [-0.3, -0.25) is 9.59 Å². The van der Waals surface area contributed by atoms with Gasteiger partial charge in [0.25, 0.3) is 0 Å². The highest BCUT2D eigenvalue weighted by Gasteiger charge is 2.85. The zero-order valence-corrected chi connectivity index (χ0v) is 23.0. The second-order valence-electron chi connectivity index (χ2n) is 14.0. The number of ketones is 1. The topological polar surface area (TPSA) is 149 Å². The highest BCUT2D eigenvalue weighted by molar-refractivity contribution is 5.93. The molecule has 10 nitrogen and oxygen atoms in total. The van der Waals surface area contributed by atoms with Crippen LogP contribution in [0.25, 0.3) is 0 Å². The van der Waals surface area contributed by atoms with E-state index in [0.717, 1.165) is 0 Å². The summed E-state index contributed by atoms with van der Waals surface area (Å²) in [5, 5.41) is 35.4. The number of aliphatic hydroxyl groups is 3. The summed E-state index contributed by atoms with van der Waals surface area (Å²) in [7, 11) is 0. The lowest BCUT2D eigenvalue weighted by Gasteiger charge is -2.45. The van der Waals surface area contributed by atoms with Crippen LogP contribution in [0.15, 0.2) is 11.6 Å². The van der Waals surface area contributed by atoms with Gasteiger partial charge in [-0.1, -0.05) is 13.8 Å². The van der Waals surface area contributed by atoms with Gasteiger partial charge in [0.1, 0.15) is 23.9 Å². The van der Waals surface area contributed by atoms with Crippen molar-refractivity contribution in [3.8, 4) is 0 Å². The van der Waals surface area contributed by atoms with Crippen LogP contribution in [0, 0.1) is 35.0 Å². The minimum atomic E-state index is -2.15. The van der Waals surface area contributed by atoms with Crippen LogP contribution in [-0.4, -0.2) is 80.0 Å². The molecule has 2 spiro atoms. The normalized spacial score (nSPS) is 54.3. The number of Topliss-reactive ketones (excluding diaryl/α,β-unsaturated/α-hetero) is 1. The van der Waals surface area contributed by atoms with Gasteiger partial charge in [0.2, 0.25) is 5.79 Å². The van der Waals surface area contributed by atoms with E-state index in [0.29, 0.717) is 24.8 Å². The summed E-state index contributed by atoms with van der Waals surface area (Å²) in [5.41, 5.74) is -3.56. The molecule has 2 bridgehead atoms. The van der Waals surface area contributed by atoms with Crippen molar-refractivity contribution >= 4 is 17.7 Å². The molecule has 0 aromatic heterocycles. The number of hydrogen-bond acceptors (Lipinski definition) is 10. The van der Waals surface area contributed by atoms with Crippen molar-refractivity contribution in [2.75, 3.05) is 0 Å². The summed E-state index contributed by atoms with van der Waals surface area (Å²) in [6.07, 6.45) is -0.517. The molecule has 5 heterocycles. The average molecular weight is 547 g/mol. The van der Waals surface area contributed by atoms with Crippen LogP contribution < -0.4 is 0 Å². The maximum absolute atomic E-state index is 14.1. The van der Waals surface area contributed by atoms with E-state index in [9.17, 15) is 29.7 Å². The van der Waals surface area contributed by atoms with Crippen molar-refractivity contribution in [2.24, 2.45) is 35.0 Å². The van der Waals surface area contributed by atoms with Crippen molar-refractivity contribution in [3.05, 3.63) is 11.6 Å². The molecule has 0 radical (unpaired) electrons. The van der Waals surface area contributed by atoms with Gasteiger partial charge in [-0.25, -0.2) is 4.79 Å². The van der Waals surface area contributed by atoms with Gasteiger partial charge < -0.3 is 34.3 Å². The number of cyclic esters (lactones) is 1. The molecule has 5 aliphatic heterocycles. The quantitative estimate of drug-likeness (QED) is 0.441. The van der Waals surface area contributed by atoms with Gasteiger partial charge in [-0.2, -0.15) is 0 Å². The number of fused-ring (bicyclic) bond motifs is 3. The number of ether oxygens (including phenoxy) is 4. The van der Waals surface area contributed by atoms with Crippen molar-refractivity contribution in [1.29, 1.82) is 0 Å². The molecule has 3 N–H and O–H groups in total. The molecular weight excluding hydrogens is 508 g/mol. The molecule has 2 saturated carbocycles. The summed E-state index contributed by atoms with van der Waals surface area (Å²) < 4.78 is 24.1. The van der Waals surface area contributed by atoms with E-state index < -0.39 is 87.9 Å². The lowest BCUT2D eigenvalue weighted by atomic mass is 9.67. The summed E-state index contributed by atoms with van der Waals surface area (Å²) >= 11 is 0. The third-order valence-corrected chi connectivity index (χ3v) is 11.8. The highest BCUT2D eigenvalue weighted by Crippen LogP contribution is 2.75. The first-order chi connectivity index (χ1) is 18.1. The first-order valence-electron chi connectivity index (χ1n) is 14.3. The fraction of sp³-hybridized carbons (Fsp3) is 0.828. The maximum atomic E-state index is 14.1. The number of esters is 2. The molecule has 39 heavy (non-hydrogen) atoms. The van der Waals surface area contributed by atoms with E-state index in [4.69, 9.17) is 18.9 Å². The van der Waals surface area contributed by atoms with Gasteiger partial charge >= 0.3 is 11.9 Å². The molecule has 0 unspecified atom stereocenters. The third-order valence-electron chi connectivity index (χ3n) is 11.8. The standard InChI is InChI=1S/C29H38O10/c1-12-10-15(36-23(12)33)20(31)13(2)19-21-26(19,5)8-9-27-14(22(32)29(21,35)39-27)6-7-16-25(3,4)37-17-11-18(30)38-28(16,17)24(27)34/h10,13-17,19-21,24,31,34-35H,6-9,11H2,1-5H3/t13-,14-,15-,16-,17+,19+,20-,21-,24-,26+,27+,28+,29-/m0/s1. The lowest BCUT2D eigenvalue weighted by Crippen LogP contribution is -2.63. The van der Waals surface area contributed by atoms with Gasteiger partial charge in [-0.15, -0.1) is 0 Å². The number of rotatable bonds is 3. The second kappa shape index (κ2) is 7.50. The van der Waals surface area contributed by atoms with E-state index in [1.165, 1.54) is 0 Å². The number of aliphatic hydroxyl groups excluding tert-OH is 2. The Labute approximate surface area is 227 Å². The van der Waals surface area contributed by atoms with Crippen molar-refractivity contribution in [3.63, 3.8) is 0 Å². The van der Waals surface area contributed by atoms with Crippen LogP contribution in [0.2, 0.25) is 0 Å². The summed E-state index contributed by atoms with van der Waals surface area (Å²) in [6, 6.07) is 0. The van der Waals surface area contributed by atoms with E-state index in [2.05, 4.69) is 0 Å². The summed E-state index contributed by atoms with van der Waals surface area (Å²) in [5.74, 6) is -5.88. The predicted molar refractivity (Wildman–Crippen MR) is 132 cm³/mol. The molecule has 4 saturated heterocycles. The molecule has 13 atom stereocenters. The molecule has 7 aliphatic rings. The van der Waals surface area contributed by atoms with E-state index in [-0.39, 0.29) is 24.7 Å². The molecule has 6 fully saturated rings.